The van der Waals surface area contributed by atoms with E-state index in [9.17, 15) is 0 Å². The van der Waals surface area contributed by atoms with E-state index in [0.717, 1.165) is 35.6 Å². The molecule has 0 saturated carbocycles. The summed E-state index contributed by atoms with van der Waals surface area (Å²) in [5, 5.41) is 4.52. The zero-order chi connectivity index (χ0) is 13.5. The van der Waals surface area contributed by atoms with Gasteiger partial charge < -0.3 is 5.32 Å². The molecule has 1 aromatic carbocycles. The van der Waals surface area contributed by atoms with Gasteiger partial charge in [-0.2, -0.15) is 0 Å². The molecule has 19 heavy (non-hydrogen) atoms. The van der Waals surface area contributed by atoms with Gasteiger partial charge in [0.1, 0.15) is 12.1 Å². The molecular weight excluding hydrogens is 258 g/mol. The third-order valence-corrected chi connectivity index (χ3v) is 3.53. The molecule has 2 aromatic rings. The molecule has 1 heterocycles. The van der Waals surface area contributed by atoms with Crippen molar-refractivity contribution in [1.29, 1.82) is 0 Å². The summed E-state index contributed by atoms with van der Waals surface area (Å²) in [5.41, 5.74) is 0.976. The number of aromatic nitrogens is 2. The molecule has 0 saturated heterocycles. The predicted octanol–water partition coefficient (Wildman–Crippen LogP) is 4.09. The predicted molar refractivity (Wildman–Crippen MR) is 81.8 cm³/mol. The number of alkyl halides is 1. The highest BCUT2D eigenvalue weighted by Crippen LogP contribution is 2.20. The fourth-order valence-corrected chi connectivity index (χ4v) is 2.61. The summed E-state index contributed by atoms with van der Waals surface area (Å²) in [6.45, 7) is 3.13. The first-order valence-corrected chi connectivity index (χ1v) is 7.38. The summed E-state index contributed by atoms with van der Waals surface area (Å²) >= 11 is 5.86. The number of hydrogen-bond acceptors (Lipinski definition) is 3. The lowest BCUT2D eigenvalue weighted by Crippen LogP contribution is -2.15. The van der Waals surface area contributed by atoms with Gasteiger partial charge in [-0.15, -0.1) is 11.6 Å². The van der Waals surface area contributed by atoms with Crippen LogP contribution >= 0.6 is 11.6 Å². The van der Waals surface area contributed by atoms with Crippen molar-refractivity contribution in [1.82, 2.24) is 9.97 Å². The largest absolute Gasteiger partial charge is 0.369 e. The van der Waals surface area contributed by atoms with Crippen molar-refractivity contribution in [3.8, 4) is 0 Å². The SMILES string of the molecule is CCCC(CCCl)CNc1ncnc2ccccc12. The Kier molecular flexibility index (Phi) is 5.40. The second-order valence-corrected chi connectivity index (χ2v) is 5.13. The standard InChI is InChI=1S/C15H20ClN3/c1-2-5-12(8-9-16)10-17-15-13-6-3-4-7-14(13)18-11-19-15/h3-4,6-7,11-12H,2,5,8-10H2,1H3,(H,17,18,19). The maximum atomic E-state index is 5.86. The molecule has 0 radical (unpaired) electrons. The van der Waals surface area contributed by atoms with Gasteiger partial charge in [0, 0.05) is 17.8 Å². The van der Waals surface area contributed by atoms with E-state index < -0.39 is 0 Å². The number of hydrogen-bond donors (Lipinski definition) is 1. The lowest BCUT2D eigenvalue weighted by atomic mass is 10.0. The molecule has 4 heteroatoms. The normalized spacial score (nSPS) is 12.5. The Morgan fingerprint density at radius 1 is 1.21 bits per heavy atom. The number of para-hydroxylation sites is 1. The van der Waals surface area contributed by atoms with Crippen LogP contribution in [0.15, 0.2) is 30.6 Å². The van der Waals surface area contributed by atoms with E-state index in [1.165, 1.54) is 12.8 Å². The van der Waals surface area contributed by atoms with Crippen LogP contribution in [0.5, 0.6) is 0 Å². The molecule has 1 aromatic heterocycles. The van der Waals surface area contributed by atoms with Gasteiger partial charge in [0.05, 0.1) is 5.52 Å². The van der Waals surface area contributed by atoms with Crippen LogP contribution in [-0.4, -0.2) is 22.4 Å². The molecule has 0 spiro atoms. The fourth-order valence-electron chi connectivity index (χ4n) is 2.30. The average Bonchev–Trinajstić information content (AvgIpc) is 2.45. The minimum atomic E-state index is 0.608. The van der Waals surface area contributed by atoms with Crippen molar-refractivity contribution < 1.29 is 0 Å². The maximum absolute atomic E-state index is 5.86. The molecule has 1 N–H and O–H groups in total. The van der Waals surface area contributed by atoms with Crippen molar-refractivity contribution in [2.75, 3.05) is 17.7 Å². The maximum Gasteiger partial charge on any atom is 0.137 e. The van der Waals surface area contributed by atoms with E-state index in [4.69, 9.17) is 11.6 Å². The highest BCUT2D eigenvalue weighted by atomic mass is 35.5. The van der Waals surface area contributed by atoms with Crippen LogP contribution in [0.1, 0.15) is 26.2 Å². The summed E-state index contributed by atoms with van der Waals surface area (Å²) in [6.07, 6.45) is 5.04. The molecule has 0 aliphatic carbocycles. The van der Waals surface area contributed by atoms with Crippen LogP contribution in [0.2, 0.25) is 0 Å². The van der Waals surface area contributed by atoms with E-state index >= 15 is 0 Å². The number of nitrogens with one attached hydrogen (secondary N) is 1. The second-order valence-electron chi connectivity index (χ2n) is 4.75. The van der Waals surface area contributed by atoms with E-state index in [1.54, 1.807) is 6.33 Å². The molecule has 0 fully saturated rings. The molecule has 0 amide bonds. The highest BCUT2D eigenvalue weighted by molar-refractivity contribution is 6.17. The quantitative estimate of drug-likeness (QED) is 0.775. The van der Waals surface area contributed by atoms with Gasteiger partial charge >= 0.3 is 0 Å². The number of fused-ring (bicyclic) bond motifs is 1. The van der Waals surface area contributed by atoms with E-state index in [-0.39, 0.29) is 0 Å². The van der Waals surface area contributed by atoms with Crippen LogP contribution in [-0.2, 0) is 0 Å². The third-order valence-electron chi connectivity index (χ3n) is 3.32. The number of rotatable bonds is 7. The van der Waals surface area contributed by atoms with Gasteiger partial charge in [0.15, 0.2) is 0 Å². The van der Waals surface area contributed by atoms with Gasteiger partial charge in [0.2, 0.25) is 0 Å². The summed E-state index contributed by atoms with van der Waals surface area (Å²) in [6, 6.07) is 8.06. The zero-order valence-electron chi connectivity index (χ0n) is 11.3. The lowest BCUT2D eigenvalue weighted by molar-refractivity contribution is 0.490. The van der Waals surface area contributed by atoms with Crippen molar-refractivity contribution >= 4 is 28.3 Å². The van der Waals surface area contributed by atoms with Crippen LogP contribution in [0.3, 0.4) is 0 Å². The first-order chi connectivity index (χ1) is 9.35. The Labute approximate surface area is 119 Å². The average molecular weight is 278 g/mol. The molecule has 1 unspecified atom stereocenters. The Bertz CT molecular complexity index is 504. The van der Waals surface area contributed by atoms with Crippen molar-refractivity contribution in [2.45, 2.75) is 26.2 Å². The molecule has 0 aliphatic heterocycles. The second kappa shape index (κ2) is 7.29. The van der Waals surface area contributed by atoms with Crippen LogP contribution in [0, 0.1) is 5.92 Å². The third kappa shape index (κ3) is 3.80. The van der Waals surface area contributed by atoms with Gasteiger partial charge in [0.25, 0.3) is 0 Å². The summed E-state index contributed by atoms with van der Waals surface area (Å²) in [7, 11) is 0. The van der Waals surface area contributed by atoms with Crippen molar-refractivity contribution in [3.63, 3.8) is 0 Å². The molecule has 2 rings (SSSR count). The van der Waals surface area contributed by atoms with Gasteiger partial charge in [-0.1, -0.05) is 25.5 Å². The summed E-state index contributed by atoms with van der Waals surface area (Å²) in [4.78, 5) is 8.61. The van der Waals surface area contributed by atoms with Gasteiger partial charge in [-0.25, -0.2) is 9.97 Å². The summed E-state index contributed by atoms with van der Waals surface area (Å²) in [5.74, 6) is 2.24. The number of nitrogens with zero attached hydrogens (tertiary/aromatic N) is 2. The van der Waals surface area contributed by atoms with Crippen LogP contribution < -0.4 is 5.32 Å². The van der Waals surface area contributed by atoms with Crippen molar-refractivity contribution in [3.05, 3.63) is 30.6 Å². The lowest BCUT2D eigenvalue weighted by Gasteiger charge is -2.16. The minimum absolute atomic E-state index is 0.608. The van der Waals surface area contributed by atoms with Crippen LogP contribution in [0.25, 0.3) is 10.9 Å². The van der Waals surface area contributed by atoms with Crippen molar-refractivity contribution in [2.24, 2.45) is 5.92 Å². The molecule has 3 nitrogen and oxygen atoms in total. The molecule has 0 aliphatic rings. The fraction of sp³-hybridized carbons (Fsp3) is 0.467. The molecule has 102 valence electrons. The van der Waals surface area contributed by atoms with E-state index in [2.05, 4.69) is 22.2 Å². The molecule has 1 atom stereocenters. The summed E-state index contributed by atoms with van der Waals surface area (Å²) < 4.78 is 0. The number of benzene rings is 1. The monoisotopic (exact) mass is 277 g/mol. The molecular formula is C15H20ClN3. The Balaban J connectivity index is 2.08. The van der Waals surface area contributed by atoms with E-state index in [1.807, 2.05) is 24.3 Å². The Morgan fingerprint density at radius 3 is 2.84 bits per heavy atom. The van der Waals surface area contributed by atoms with Crippen LogP contribution in [0.4, 0.5) is 5.82 Å². The molecule has 0 bridgehead atoms. The first kappa shape index (κ1) is 14.1. The smallest absolute Gasteiger partial charge is 0.137 e. The first-order valence-electron chi connectivity index (χ1n) is 6.84. The van der Waals surface area contributed by atoms with Gasteiger partial charge in [-0.3, -0.25) is 0 Å². The number of halogens is 1. The zero-order valence-corrected chi connectivity index (χ0v) is 12.0. The minimum Gasteiger partial charge on any atom is -0.369 e. The highest BCUT2D eigenvalue weighted by Gasteiger charge is 2.09. The Morgan fingerprint density at radius 2 is 2.05 bits per heavy atom. The van der Waals surface area contributed by atoms with Gasteiger partial charge in [-0.05, 0) is 30.9 Å². The Hall–Kier alpha value is -1.35. The van der Waals surface area contributed by atoms with E-state index in [0.29, 0.717) is 5.92 Å². The number of anilines is 1. The topological polar surface area (TPSA) is 37.8 Å².